The first-order valence-corrected chi connectivity index (χ1v) is 3.20. The molecule has 0 bridgehead atoms. The first kappa shape index (κ1) is 15.6. The van der Waals surface area contributed by atoms with E-state index in [9.17, 15) is 14.4 Å². The van der Waals surface area contributed by atoms with E-state index in [0.29, 0.717) is 0 Å². The summed E-state index contributed by atoms with van der Waals surface area (Å²) in [6.45, 7) is -2.33. The van der Waals surface area contributed by atoms with Crippen molar-refractivity contribution in [1.29, 1.82) is 0 Å². The largest absolute Gasteiger partial charge is 0.479 e. The van der Waals surface area contributed by atoms with Gasteiger partial charge >= 0.3 is 17.9 Å². The number of carboxylic acid groups (broad SMARTS) is 1. The molecule has 0 spiro atoms. The number of carbonyl (C=O) groups is 3. The van der Waals surface area contributed by atoms with E-state index in [2.05, 4.69) is 9.47 Å². The zero-order chi connectivity index (χ0) is 10.3. The molecule has 0 aromatic heterocycles. The van der Waals surface area contributed by atoms with Crippen molar-refractivity contribution < 1.29 is 56.5 Å². The Morgan fingerprint density at radius 3 is 1.93 bits per heavy atom. The van der Waals surface area contributed by atoms with Crippen molar-refractivity contribution in [2.45, 2.75) is 0 Å². The van der Waals surface area contributed by atoms with Crippen LogP contribution in [0.4, 0.5) is 0 Å². The van der Waals surface area contributed by atoms with Crippen LogP contribution >= 0.6 is 0 Å². The van der Waals surface area contributed by atoms with E-state index in [1.54, 1.807) is 0 Å². The summed E-state index contributed by atoms with van der Waals surface area (Å²) >= 11 is 0. The molecular weight excluding hydrogens is 292 g/mol. The van der Waals surface area contributed by atoms with Crippen LogP contribution in [0.15, 0.2) is 0 Å². The van der Waals surface area contributed by atoms with Gasteiger partial charge < -0.3 is 19.7 Å². The Morgan fingerprint density at radius 1 is 1.00 bits per heavy atom. The van der Waals surface area contributed by atoms with Gasteiger partial charge in [-0.25, -0.2) is 14.4 Å². The number of aliphatic carboxylic acids is 1. The zero-order valence-corrected chi connectivity index (χ0v) is 8.34. The molecule has 0 aliphatic rings. The first-order valence-electron chi connectivity index (χ1n) is 3.20. The zero-order valence-electron chi connectivity index (χ0n) is 6.86. The van der Waals surface area contributed by atoms with Gasteiger partial charge in [-0.05, 0) is 0 Å². The average Bonchev–Trinajstić information content (AvgIpc) is 2.10. The van der Waals surface area contributed by atoms with Crippen molar-refractivity contribution in [3.05, 3.63) is 0 Å². The summed E-state index contributed by atoms with van der Waals surface area (Å²) in [5.41, 5.74) is 0. The molecule has 0 atom stereocenters. The second-order valence-electron chi connectivity index (χ2n) is 1.87. The van der Waals surface area contributed by atoms with Gasteiger partial charge in [0, 0.05) is 22.4 Å². The predicted octanol–water partition coefficient (Wildman–Crippen LogP) is -1.85. The molecule has 0 heterocycles. The summed E-state index contributed by atoms with van der Waals surface area (Å²) in [7, 11) is 0. The molecule has 0 unspecified atom stereocenters. The van der Waals surface area contributed by atoms with Crippen LogP contribution in [-0.2, 0) is 46.2 Å². The standard InChI is InChI=1S/C6H8O7.Ag/c7-1-5(10)13-3-6(11)12-2-4(8)9;/h7H,1-3H2,(H,8,9);. The first-order chi connectivity index (χ1) is 6.06. The fourth-order valence-corrected chi connectivity index (χ4v) is 0.369. The predicted molar refractivity (Wildman–Crippen MR) is 36.6 cm³/mol. The van der Waals surface area contributed by atoms with E-state index in [1.165, 1.54) is 0 Å². The quantitative estimate of drug-likeness (QED) is 0.453. The van der Waals surface area contributed by atoms with Gasteiger partial charge in [-0.1, -0.05) is 0 Å². The molecule has 1 radical (unpaired) electrons. The summed E-state index contributed by atoms with van der Waals surface area (Å²) in [6, 6.07) is 0. The van der Waals surface area contributed by atoms with Crippen LogP contribution in [0.3, 0.4) is 0 Å². The Morgan fingerprint density at radius 2 is 1.50 bits per heavy atom. The van der Waals surface area contributed by atoms with Gasteiger partial charge in [0.2, 0.25) is 0 Å². The second kappa shape index (κ2) is 8.70. The topological polar surface area (TPSA) is 110 Å². The number of aliphatic hydroxyl groups is 1. The summed E-state index contributed by atoms with van der Waals surface area (Å²) in [6.07, 6.45) is 0. The molecule has 0 aliphatic carbocycles. The summed E-state index contributed by atoms with van der Waals surface area (Å²) in [5, 5.41) is 16.2. The molecule has 0 rings (SSSR count). The minimum Gasteiger partial charge on any atom is -0.479 e. The van der Waals surface area contributed by atoms with Crippen molar-refractivity contribution in [2.75, 3.05) is 19.8 Å². The Labute approximate surface area is 94.5 Å². The molecule has 0 saturated carbocycles. The maximum atomic E-state index is 10.5. The summed E-state index contributed by atoms with van der Waals surface area (Å²) in [5.74, 6) is -3.27. The third-order valence-electron chi connectivity index (χ3n) is 0.837. The van der Waals surface area contributed by atoms with Crippen LogP contribution in [0.2, 0.25) is 0 Å². The van der Waals surface area contributed by atoms with Gasteiger partial charge in [-0.2, -0.15) is 0 Å². The number of carboxylic acids is 1. The van der Waals surface area contributed by atoms with Crippen molar-refractivity contribution in [2.24, 2.45) is 0 Å². The Hall–Kier alpha value is -0.890. The number of esters is 2. The average molecular weight is 300 g/mol. The van der Waals surface area contributed by atoms with Crippen LogP contribution < -0.4 is 0 Å². The molecular formula is C6H8AgO7. The van der Waals surface area contributed by atoms with Crippen LogP contribution in [0, 0.1) is 0 Å². The van der Waals surface area contributed by atoms with Crippen molar-refractivity contribution in [3.8, 4) is 0 Å². The molecule has 0 fully saturated rings. The molecule has 0 aromatic carbocycles. The van der Waals surface area contributed by atoms with Gasteiger partial charge in [-0.3, -0.25) is 0 Å². The van der Waals surface area contributed by atoms with E-state index in [1.807, 2.05) is 0 Å². The van der Waals surface area contributed by atoms with Crippen LogP contribution in [0.5, 0.6) is 0 Å². The normalized spacial score (nSPS) is 8.36. The molecule has 0 amide bonds. The second-order valence-corrected chi connectivity index (χ2v) is 1.87. The van der Waals surface area contributed by atoms with Gasteiger partial charge in [0.1, 0.15) is 6.61 Å². The maximum Gasteiger partial charge on any atom is 0.344 e. The van der Waals surface area contributed by atoms with Crippen LogP contribution in [0.25, 0.3) is 0 Å². The Balaban J connectivity index is 0. The van der Waals surface area contributed by atoms with Crippen LogP contribution in [0.1, 0.15) is 0 Å². The van der Waals surface area contributed by atoms with Crippen molar-refractivity contribution in [1.82, 2.24) is 0 Å². The van der Waals surface area contributed by atoms with Gasteiger partial charge in [0.05, 0.1) is 0 Å². The molecule has 0 saturated heterocycles. The van der Waals surface area contributed by atoms with E-state index >= 15 is 0 Å². The number of hydrogen-bond donors (Lipinski definition) is 2. The van der Waals surface area contributed by atoms with Crippen molar-refractivity contribution >= 4 is 17.9 Å². The maximum absolute atomic E-state index is 10.5. The number of hydrogen-bond acceptors (Lipinski definition) is 6. The number of rotatable bonds is 5. The molecule has 14 heavy (non-hydrogen) atoms. The molecule has 0 aliphatic heterocycles. The SMILES string of the molecule is O=C(O)COC(=O)COC(=O)CO.[Ag]. The minimum absolute atomic E-state index is 0. The number of carbonyl (C=O) groups excluding carboxylic acids is 2. The smallest absolute Gasteiger partial charge is 0.344 e. The van der Waals surface area contributed by atoms with Gasteiger partial charge in [-0.15, -0.1) is 0 Å². The van der Waals surface area contributed by atoms with Crippen molar-refractivity contribution in [3.63, 3.8) is 0 Å². The molecule has 0 aromatic rings. The van der Waals surface area contributed by atoms with Gasteiger partial charge in [0.15, 0.2) is 13.2 Å². The molecule has 7 nitrogen and oxygen atoms in total. The third-order valence-corrected chi connectivity index (χ3v) is 0.837. The molecule has 85 valence electrons. The monoisotopic (exact) mass is 299 g/mol. The third kappa shape index (κ3) is 9.20. The molecule has 2 N–H and O–H groups in total. The van der Waals surface area contributed by atoms with Crippen LogP contribution in [-0.4, -0.2) is 47.9 Å². The van der Waals surface area contributed by atoms with E-state index in [4.69, 9.17) is 10.2 Å². The fourth-order valence-electron chi connectivity index (χ4n) is 0.369. The summed E-state index contributed by atoms with van der Waals surface area (Å²) in [4.78, 5) is 30.7. The van der Waals surface area contributed by atoms with E-state index < -0.39 is 37.7 Å². The van der Waals surface area contributed by atoms with Gasteiger partial charge in [0.25, 0.3) is 0 Å². The minimum atomic E-state index is -1.30. The fraction of sp³-hybridized carbons (Fsp3) is 0.500. The Kier molecular flexibility index (Phi) is 9.68. The summed E-state index contributed by atoms with van der Waals surface area (Å²) < 4.78 is 8.23. The number of aliphatic hydroxyl groups excluding tert-OH is 1. The number of ether oxygens (including phenoxy) is 2. The molecule has 8 heteroatoms. The van der Waals surface area contributed by atoms with E-state index in [-0.39, 0.29) is 22.4 Å². The van der Waals surface area contributed by atoms with E-state index in [0.717, 1.165) is 0 Å². The Bertz CT molecular complexity index is 214.